The normalized spacial score (nSPS) is 24.2. The molecule has 110 valence electrons. The summed E-state index contributed by atoms with van der Waals surface area (Å²) in [4.78, 5) is 3.74. The largest absolute Gasteiger partial charge is 0.417 e. The predicted molar refractivity (Wildman–Crippen MR) is 71.3 cm³/mol. The van der Waals surface area contributed by atoms with Crippen LogP contribution in [0.4, 0.5) is 13.2 Å². The molecule has 3 nitrogen and oxygen atoms in total. The summed E-state index contributed by atoms with van der Waals surface area (Å²) in [5, 5.41) is 0.323. The van der Waals surface area contributed by atoms with Crippen LogP contribution in [0.1, 0.15) is 11.3 Å². The first kappa shape index (κ1) is 15.3. The van der Waals surface area contributed by atoms with Crippen LogP contribution in [0.2, 0.25) is 0 Å². The van der Waals surface area contributed by atoms with E-state index in [1.807, 2.05) is 6.26 Å². The molecule has 2 rings (SSSR count). The zero-order chi connectivity index (χ0) is 14.6. The minimum atomic E-state index is -4.36. The molecule has 0 amide bonds. The molecule has 1 aliphatic rings. The molecule has 0 N–H and O–H groups in total. The Bertz CT molecular complexity index is 454. The number of hydrogen-bond acceptors (Lipinski definition) is 4. The standard InChI is InChI=1S/C13H14F3NO2S/c1-20-11-7-18-12(19-8-11)5-4-10-3-2-9(6-17-10)13(14,15)16/h2-6,11-12H,7-8H2,1H3/b5-4+. The van der Waals surface area contributed by atoms with Crippen molar-refractivity contribution in [3.8, 4) is 0 Å². The minimum absolute atomic E-state index is 0.323. The highest BCUT2D eigenvalue weighted by atomic mass is 32.2. The van der Waals surface area contributed by atoms with Crippen molar-refractivity contribution in [1.82, 2.24) is 4.98 Å². The second-order valence-corrected chi connectivity index (χ2v) is 5.36. The van der Waals surface area contributed by atoms with Gasteiger partial charge >= 0.3 is 6.18 Å². The molecule has 0 atom stereocenters. The summed E-state index contributed by atoms with van der Waals surface area (Å²) in [6, 6.07) is 2.31. The number of alkyl halides is 3. The van der Waals surface area contributed by atoms with Crippen LogP contribution in [-0.4, -0.2) is 36.0 Å². The lowest BCUT2D eigenvalue weighted by Crippen LogP contribution is -2.32. The van der Waals surface area contributed by atoms with Crippen LogP contribution in [0.15, 0.2) is 24.4 Å². The first-order chi connectivity index (χ1) is 9.49. The van der Waals surface area contributed by atoms with Gasteiger partial charge in [-0.2, -0.15) is 24.9 Å². The lowest BCUT2D eigenvalue weighted by Gasteiger charge is -2.26. The molecule has 7 heteroatoms. The molecule has 1 fully saturated rings. The summed E-state index contributed by atoms with van der Waals surface area (Å²) in [7, 11) is 0. The number of aromatic nitrogens is 1. The van der Waals surface area contributed by atoms with Gasteiger partial charge in [-0.15, -0.1) is 0 Å². The Hall–Kier alpha value is -1.05. The number of rotatable bonds is 3. The Morgan fingerprint density at radius 1 is 1.30 bits per heavy atom. The maximum Gasteiger partial charge on any atom is 0.417 e. The van der Waals surface area contributed by atoms with Crippen LogP contribution in [0.3, 0.4) is 0 Å². The second kappa shape index (κ2) is 6.60. The van der Waals surface area contributed by atoms with Gasteiger partial charge in [0.25, 0.3) is 0 Å². The second-order valence-electron chi connectivity index (χ2n) is 4.22. The van der Waals surface area contributed by atoms with E-state index in [2.05, 4.69) is 4.98 Å². The molecule has 20 heavy (non-hydrogen) atoms. The SMILES string of the molecule is CSC1COC(/C=C/c2ccc(C(F)(F)F)cn2)OC1. The molecule has 1 aromatic rings. The van der Waals surface area contributed by atoms with Crippen molar-refractivity contribution in [3.63, 3.8) is 0 Å². The molecule has 0 aliphatic carbocycles. The topological polar surface area (TPSA) is 31.4 Å². The Balaban J connectivity index is 1.92. The highest BCUT2D eigenvalue weighted by Gasteiger charge is 2.30. The number of thioether (sulfide) groups is 1. The van der Waals surface area contributed by atoms with Gasteiger partial charge in [0.15, 0.2) is 6.29 Å². The van der Waals surface area contributed by atoms with E-state index in [1.54, 1.807) is 23.9 Å². The van der Waals surface area contributed by atoms with Crippen LogP contribution in [-0.2, 0) is 15.7 Å². The maximum atomic E-state index is 12.4. The van der Waals surface area contributed by atoms with E-state index in [-0.39, 0.29) is 0 Å². The van der Waals surface area contributed by atoms with Crippen LogP contribution < -0.4 is 0 Å². The average Bonchev–Trinajstić information content (AvgIpc) is 2.45. The van der Waals surface area contributed by atoms with Crippen molar-refractivity contribution in [2.75, 3.05) is 19.5 Å². The van der Waals surface area contributed by atoms with Crippen molar-refractivity contribution in [3.05, 3.63) is 35.7 Å². The first-order valence-corrected chi connectivity index (χ1v) is 7.25. The van der Waals surface area contributed by atoms with Gasteiger partial charge < -0.3 is 9.47 Å². The quantitative estimate of drug-likeness (QED) is 0.858. The fraction of sp³-hybridized carbons (Fsp3) is 0.462. The maximum absolute atomic E-state index is 12.4. The molecule has 0 bridgehead atoms. The third-order valence-electron chi connectivity index (χ3n) is 2.76. The van der Waals surface area contributed by atoms with Gasteiger partial charge in [-0.05, 0) is 30.5 Å². The molecule has 0 unspecified atom stereocenters. The number of nitrogens with zero attached hydrogens (tertiary/aromatic N) is 1. The van der Waals surface area contributed by atoms with E-state index >= 15 is 0 Å². The Morgan fingerprint density at radius 3 is 2.50 bits per heavy atom. The lowest BCUT2D eigenvalue weighted by atomic mass is 10.2. The van der Waals surface area contributed by atoms with Gasteiger partial charge in [-0.3, -0.25) is 4.98 Å². The highest BCUT2D eigenvalue weighted by molar-refractivity contribution is 7.99. The van der Waals surface area contributed by atoms with E-state index in [4.69, 9.17) is 9.47 Å². The van der Waals surface area contributed by atoms with Crippen LogP contribution in [0, 0.1) is 0 Å². The molecule has 0 spiro atoms. The van der Waals surface area contributed by atoms with Crippen LogP contribution in [0.5, 0.6) is 0 Å². The first-order valence-electron chi connectivity index (χ1n) is 5.96. The monoisotopic (exact) mass is 305 g/mol. The summed E-state index contributed by atoms with van der Waals surface area (Å²) in [5.74, 6) is 0. The highest BCUT2D eigenvalue weighted by Crippen LogP contribution is 2.28. The number of pyridine rings is 1. The van der Waals surface area contributed by atoms with Crippen molar-refractivity contribution >= 4 is 17.8 Å². The van der Waals surface area contributed by atoms with E-state index in [1.165, 1.54) is 6.07 Å². The Kier molecular flexibility index (Phi) is 5.06. The van der Waals surface area contributed by atoms with Gasteiger partial charge in [0, 0.05) is 6.20 Å². The molecule has 1 aliphatic heterocycles. The van der Waals surface area contributed by atoms with Gasteiger partial charge in [-0.1, -0.05) is 0 Å². The summed E-state index contributed by atoms with van der Waals surface area (Å²) in [5.41, 5.74) is -0.334. The van der Waals surface area contributed by atoms with Gasteiger partial charge in [0.1, 0.15) is 0 Å². The Labute approximate surface area is 119 Å². The summed E-state index contributed by atoms with van der Waals surface area (Å²) >= 11 is 1.67. The van der Waals surface area contributed by atoms with E-state index in [0.29, 0.717) is 24.2 Å². The van der Waals surface area contributed by atoms with Crippen molar-refractivity contribution in [2.24, 2.45) is 0 Å². The molecule has 0 radical (unpaired) electrons. The van der Waals surface area contributed by atoms with Crippen molar-refractivity contribution < 1.29 is 22.6 Å². The summed E-state index contributed by atoms with van der Waals surface area (Å²) in [6.45, 7) is 1.19. The molecule has 0 aromatic carbocycles. The van der Waals surface area contributed by atoms with Gasteiger partial charge in [-0.25, -0.2) is 0 Å². The number of hydrogen-bond donors (Lipinski definition) is 0. The molecule has 1 saturated heterocycles. The fourth-order valence-electron chi connectivity index (χ4n) is 1.60. The molecular formula is C13H14F3NO2S. The zero-order valence-electron chi connectivity index (χ0n) is 10.8. The number of halogens is 3. The van der Waals surface area contributed by atoms with Gasteiger partial charge in [0.2, 0.25) is 0 Å². The molecule has 2 heterocycles. The third kappa shape index (κ3) is 4.22. The number of ether oxygens (including phenoxy) is 2. The van der Waals surface area contributed by atoms with E-state index < -0.39 is 18.0 Å². The average molecular weight is 305 g/mol. The minimum Gasteiger partial charge on any atom is -0.348 e. The van der Waals surface area contributed by atoms with Crippen molar-refractivity contribution in [1.29, 1.82) is 0 Å². The molecule has 0 saturated carbocycles. The Morgan fingerprint density at radius 2 is 2.00 bits per heavy atom. The molecule has 1 aromatic heterocycles. The third-order valence-corrected chi connectivity index (χ3v) is 3.70. The van der Waals surface area contributed by atoms with Crippen molar-refractivity contribution in [2.45, 2.75) is 17.7 Å². The predicted octanol–water partition coefficient (Wildman–Crippen LogP) is 3.22. The summed E-state index contributed by atoms with van der Waals surface area (Å²) in [6.07, 6.45) is 1.20. The fourth-order valence-corrected chi connectivity index (χ4v) is 2.03. The zero-order valence-corrected chi connectivity index (χ0v) is 11.6. The van der Waals surface area contributed by atoms with Crippen LogP contribution in [0.25, 0.3) is 6.08 Å². The van der Waals surface area contributed by atoms with Crippen LogP contribution >= 0.6 is 11.8 Å². The summed E-state index contributed by atoms with van der Waals surface area (Å²) < 4.78 is 48.0. The van der Waals surface area contributed by atoms with E-state index in [9.17, 15) is 13.2 Å². The van der Waals surface area contributed by atoms with E-state index in [0.717, 1.165) is 12.3 Å². The molecular weight excluding hydrogens is 291 g/mol. The van der Waals surface area contributed by atoms with Gasteiger partial charge in [0.05, 0.1) is 29.7 Å². The lowest BCUT2D eigenvalue weighted by molar-refractivity contribution is -0.145. The smallest absolute Gasteiger partial charge is 0.348 e.